The molecule has 1 N–H and O–H groups in total. The van der Waals surface area contributed by atoms with Gasteiger partial charge in [-0.05, 0) is 60.7 Å². The quantitative estimate of drug-likeness (QED) is 0.487. The molecule has 0 aliphatic rings. The highest BCUT2D eigenvalue weighted by Crippen LogP contribution is 2.29. The third-order valence-electron chi connectivity index (χ3n) is 4.12. The summed E-state index contributed by atoms with van der Waals surface area (Å²) in [4.78, 5) is 1.18. The summed E-state index contributed by atoms with van der Waals surface area (Å²) in [7, 11) is 0. The van der Waals surface area contributed by atoms with Crippen molar-refractivity contribution in [3.8, 4) is 11.5 Å². The molecule has 3 rings (SSSR count). The van der Waals surface area contributed by atoms with Crippen LogP contribution in [0.5, 0.6) is 11.5 Å². The Hall–Kier alpha value is -2.37. The average molecular weight is 386 g/mol. The van der Waals surface area contributed by atoms with Crippen LogP contribution in [0.15, 0.2) is 60.0 Å². The first kappa shape index (κ1) is 19.4. The third-order valence-corrected chi connectivity index (χ3v) is 4.97. The Balaban J connectivity index is 1.54. The summed E-state index contributed by atoms with van der Waals surface area (Å²) in [5.74, 6) is 1.35. The Labute approximate surface area is 163 Å². The molecule has 1 aromatic heterocycles. The Morgan fingerprint density at radius 1 is 1.00 bits per heavy atom. The number of halogens is 1. The minimum absolute atomic E-state index is 0.148. The van der Waals surface area contributed by atoms with Gasteiger partial charge in [0, 0.05) is 11.4 Å². The molecule has 0 atom stereocenters. The van der Waals surface area contributed by atoms with Crippen molar-refractivity contribution in [1.29, 1.82) is 0 Å². The van der Waals surface area contributed by atoms with Crippen LogP contribution >= 0.6 is 11.3 Å². The van der Waals surface area contributed by atoms with Gasteiger partial charge in [-0.25, -0.2) is 4.39 Å². The smallest absolute Gasteiger partial charge is 0.161 e. The molecule has 1 heterocycles. The molecular formula is C22H24FNO2S. The molecule has 5 heteroatoms. The van der Waals surface area contributed by atoms with Gasteiger partial charge in [-0.15, -0.1) is 11.3 Å². The van der Waals surface area contributed by atoms with Crippen molar-refractivity contribution in [1.82, 2.24) is 5.32 Å². The van der Waals surface area contributed by atoms with Crippen molar-refractivity contribution in [2.24, 2.45) is 0 Å². The molecule has 0 unspecified atom stereocenters. The summed E-state index contributed by atoms with van der Waals surface area (Å²) in [6, 6.07) is 17.0. The molecule has 0 fully saturated rings. The first-order valence-electron chi connectivity index (χ1n) is 9.11. The number of nitrogens with one attached hydrogen (secondary N) is 1. The van der Waals surface area contributed by atoms with Crippen molar-refractivity contribution < 1.29 is 13.9 Å². The van der Waals surface area contributed by atoms with Crippen LogP contribution in [-0.4, -0.2) is 13.2 Å². The number of hydrogen-bond acceptors (Lipinski definition) is 4. The lowest BCUT2D eigenvalue weighted by Gasteiger charge is -2.13. The van der Waals surface area contributed by atoms with Crippen LogP contribution in [0.1, 0.15) is 22.9 Å². The normalized spacial score (nSPS) is 10.7. The fourth-order valence-electron chi connectivity index (χ4n) is 2.75. The molecule has 3 nitrogen and oxygen atoms in total. The third kappa shape index (κ3) is 5.81. The number of rotatable bonds is 10. The van der Waals surface area contributed by atoms with Crippen LogP contribution in [0, 0.1) is 5.82 Å². The molecule has 0 amide bonds. The van der Waals surface area contributed by atoms with Gasteiger partial charge in [0.2, 0.25) is 0 Å². The summed E-state index contributed by atoms with van der Waals surface area (Å²) < 4.78 is 25.3. The van der Waals surface area contributed by atoms with E-state index < -0.39 is 0 Å². The van der Waals surface area contributed by atoms with Gasteiger partial charge < -0.3 is 14.8 Å². The maximum Gasteiger partial charge on any atom is 0.161 e. The van der Waals surface area contributed by atoms with E-state index in [2.05, 4.69) is 11.4 Å². The van der Waals surface area contributed by atoms with Crippen molar-refractivity contribution in [2.75, 3.05) is 13.2 Å². The summed E-state index contributed by atoms with van der Waals surface area (Å²) >= 11 is 1.67. The molecule has 0 radical (unpaired) electrons. The SMILES string of the molecule is CCOc1cc(CNCCc2ccccc2F)ccc1OCc1cccs1. The summed E-state index contributed by atoms with van der Waals surface area (Å²) in [5, 5.41) is 5.40. The van der Waals surface area contributed by atoms with E-state index in [1.807, 2.05) is 48.7 Å². The van der Waals surface area contributed by atoms with Crippen molar-refractivity contribution >= 4 is 11.3 Å². The highest BCUT2D eigenvalue weighted by Gasteiger charge is 2.08. The van der Waals surface area contributed by atoms with Crippen LogP contribution in [0.3, 0.4) is 0 Å². The summed E-state index contributed by atoms with van der Waals surface area (Å²) in [5.41, 5.74) is 1.84. The van der Waals surface area contributed by atoms with Crippen molar-refractivity contribution in [3.05, 3.63) is 81.8 Å². The van der Waals surface area contributed by atoms with Gasteiger partial charge in [-0.3, -0.25) is 0 Å². The second kappa shape index (κ2) is 10.1. The molecule has 0 saturated carbocycles. The van der Waals surface area contributed by atoms with E-state index in [0.29, 0.717) is 32.7 Å². The Bertz CT molecular complexity index is 836. The van der Waals surface area contributed by atoms with E-state index in [0.717, 1.165) is 22.6 Å². The predicted octanol–water partition coefficient (Wildman–Crippen LogP) is 5.20. The molecule has 0 aliphatic heterocycles. The second-order valence-corrected chi connectivity index (χ2v) is 7.13. The van der Waals surface area contributed by atoms with Crippen LogP contribution in [0.25, 0.3) is 0 Å². The van der Waals surface area contributed by atoms with Gasteiger partial charge in [0.1, 0.15) is 12.4 Å². The van der Waals surface area contributed by atoms with Gasteiger partial charge in [-0.2, -0.15) is 0 Å². The maximum atomic E-state index is 13.6. The topological polar surface area (TPSA) is 30.5 Å². The predicted molar refractivity (Wildman–Crippen MR) is 108 cm³/mol. The largest absolute Gasteiger partial charge is 0.490 e. The molecular weight excluding hydrogens is 361 g/mol. The molecule has 0 aliphatic carbocycles. The lowest BCUT2D eigenvalue weighted by atomic mass is 10.1. The first-order valence-corrected chi connectivity index (χ1v) is 9.99. The van der Waals surface area contributed by atoms with Crippen LogP contribution < -0.4 is 14.8 Å². The zero-order valence-electron chi connectivity index (χ0n) is 15.4. The van der Waals surface area contributed by atoms with E-state index in [1.165, 1.54) is 10.9 Å². The second-order valence-electron chi connectivity index (χ2n) is 6.10. The molecule has 142 valence electrons. The van der Waals surface area contributed by atoms with Crippen LogP contribution in [0.4, 0.5) is 4.39 Å². The fourth-order valence-corrected chi connectivity index (χ4v) is 3.37. The summed E-state index contributed by atoms with van der Waals surface area (Å²) in [6.07, 6.45) is 0.660. The van der Waals surface area contributed by atoms with Crippen LogP contribution in [0.2, 0.25) is 0 Å². The Kier molecular flexibility index (Phi) is 7.25. The lowest BCUT2D eigenvalue weighted by molar-refractivity contribution is 0.271. The number of thiophene rings is 1. The monoisotopic (exact) mass is 385 g/mol. The van der Waals surface area contributed by atoms with Crippen molar-refractivity contribution in [3.63, 3.8) is 0 Å². The molecule has 2 aromatic carbocycles. The van der Waals surface area contributed by atoms with E-state index in [9.17, 15) is 4.39 Å². The van der Waals surface area contributed by atoms with Gasteiger partial charge in [0.25, 0.3) is 0 Å². The van der Waals surface area contributed by atoms with Gasteiger partial charge in [0.15, 0.2) is 11.5 Å². The Morgan fingerprint density at radius 3 is 2.67 bits per heavy atom. The van der Waals surface area contributed by atoms with E-state index in [1.54, 1.807) is 17.4 Å². The maximum absolute atomic E-state index is 13.6. The molecule has 27 heavy (non-hydrogen) atoms. The first-order chi connectivity index (χ1) is 13.3. The van der Waals surface area contributed by atoms with Gasteiger partial charge >= 0.3 is 0 Å². The van der Waals surface area contributed by atoms with Crippen LogP contribution in [-0.2, 0) is 19.6 Å². The van der Waals surface area contributed by atoms with E-state index in [4.69, 9.17) is 9.47 Å². The number of hydrogen-bond donors (Lipinski definition) is 1. The van der Waals surface area contributed by atoms with Crippen molar-refractivity contribution in [2.45, 2.75) is 26.5 Å². The fraction of sp³-hybridized carbons (Fsp3) is 0.273. The Morgan fingerprint density at radius 2 is 1.89 bits per heavy atom. The molecule has 0 spiro atoms. The molecule has 0 saturated heterocycles. The molecule has 3 aromatic rings. The van der Waals surface area contributed by atoms with Gasteiger partial charge in [0.05, 0.1) is 6.61 Å². The highest BCUT2D eigenvalue weighted by molar-refractivity contribution is 7.09. The highest BCUT2D eigenvalue weighted by atomic mass is 32.1. The minimum atomic E-state index is -0.148. The standard InChI is InChI=1S/C22H24FNO2S/c1-2-25-22-14-17(9-10-21(22)26-16-19-7-5-13-27-19)15-24-12-11-18-6-3-4-8-20(18)23/h3-10,13-14,24H,2,11-12,15-16H2,1H3. The zero-order chi connectivity index (χ0) is 18.9. The number of ether oxygens (including phenoxy) is 2. The lowest BCUT2D eigenvalue weighted by Crippen LogP contribution is -2.17. The minimum Gasteiger partial charge on any atom is -0.490 e. The van der Waals surface area contributed by atoms with E-state index >= 15 is 0 Å². The molecule has 0 bridgehead atoms. The average Bonchev–Trinajstić information content (AvgIpc) is 3.20. The zero-order valence-corrected chi connectivity index (χ0v) is 16.2. The van der Waals surface area contributed by atoms with Gasteiger partial charge in [-0.1, -0.05) is 30.3 Å². The van der Waals surface area contributed by atoms with E-state index in [-0.39, 0.29) is 5.82 Å². The number of benzene rings is 2. The summed E-state index contributed by atoms with van der Waals surface area (Å²) in [6.45, 7) is 4.49.